The molecule has 1 aromatic carbocycles. The van der Waals surface area contributed by atoms with Crippen LogP contribution in [0.25, 0.3) is 11.1 Å². The quantitative estimate of drug-likeness (QED) is 0.656. The van der Waals surface area contributed by atoms with Crippen LogP contribution in [0, 0.1) is 10.1 Å². The highest BCUT2D eigenvalue weighted by atomic mass is 16.6. The number of nitro benzene ring substituents is 1. The van der Waals surface area contributed by atoms with Crippen molar-refractivity contribution >= 4 is 22.7 Å². The largest absolute Gasteiger partial charge is 0.420 e. The molecule has 2 aromatic rings. The van der Waals surface area contributed by atoms with Gasteiger partial charge in [-0.15, -0.1) is 0 Å². The van der Waals surface area contributed by atoms with Crippen molar-refractivity contribution in [3.8, 4) is 0 Å². The van der Waals surface area contributed by atoms with Crippen molar-refractivity contribution in [3.63, 3.8) is 0 Å². The summed E-state index contributed by atoms with van der Waals surface area (Å²) in [7, 11) is 0. The fourth-order valence-electron chi connectivity index (χ4n) is 1.96. The van der Waals surface area contributed by atoms with Crippen molar-refractivity contribution < 1.29 is 14.1 Å². The Morgan fingerprint density at radius 3 is 2.90 bits per heavy atom. The Balaban J connectivity index is 1.93. The number of benzene rings is 1. The smallest absolute Gasteiger partial charge is 0.407 e. The lowest BCUT2D eigenvalue weighted by molar-refractivity contribution is -0.384. The molecule has 0 atom stereocenters. The highest BCUT2D eigenvalue weighted by Gasteiger charge is 2.24. The second-order valence-electron chi connectivity index (χ2n) is 4.71. The first-order chi connectivity index (χ1) is 9.54. The summed E-state index contributed by atoms with van der Waals surface area (Å²) in [5.74, 6) is -0.970. The van der Waals surface area contributed by atoms with Crippen molar-refractivity contribution in [2.75, 3.05) is 0 Å². The van der Waals surface area contributed by atoms with Crippen molar-refractivity contribution in [1.29, 1.82) is 0 Å². The summed E-state index contributed by atoms with van der Waals surface area (Å²) in [6.45, 7) is -0.153. The predicted molar refractivity (Wildman–Crippen MR) is 68.3 cm³/mol. The molecule has 1 aliphatic carbocycles. The van der Waals surface area contributed by atoms with Crippen molar-refractivity contribution in [3.05, 3.63) is 38.9 Å². The number of carbonyl (C=O) groups is 1. The molecule has 8 heteroatoms. The van der Waals surface area contributed by atoms with E-state index in [1.54, 1.807) is 0 Å². The molecule has 1 amide bonds. The number of nitrogens with one attached hydrogen (secondary N) is 1. The summed E-state index contributed by atoms with van der Waals surface area (Å²) in [5.41, 5.74) is 0.302. The Labute approximate surface area is 112 Å². The van der Waals surface area contributed by atoms with E-state index in [1.165, 1.54) is 18.2 Å². The molecular formula is C12H11N3O5. The number of fused-ring (bicyclic) bond motifs is 1. The molecule has 1 N–H and O–H groups in total. The molecule has 1 fully saturated rings. The number of hydrogen-bond donors (Lipinski definition) is 1. The third-order valence-electron chi connectivity index (χ3n) is 3.11. The first-order valence-electron chi connectivity index (χ1n) is 6.12. The molecular weight excluding hydrogens is 266 g/mol. The van der Waals surface area contributed by atoms with Gasteiger partial charge in [0.15, 0.2) is 5.58 Å². The maximum absolute atomic E-state index is 11.7. The van der Waals surface area contributed by atoms with Crippen molar-refractivity contribution in [2.45, 2.75) is 25.4 Å². The lowest BCUT2D eigenvalue weighted by atomic mass is 10.3. The Bertz CT molecular complexity index is 756. The average Bonchev–Trinajstić information content (AvgIpc) is 3.14. The van der Waals surface area contributed by atoms with Crippen LogP contribution in [0.2, 0.25) is 0 Å². The average molecular weight is 277 g/mol. The number of rotatable bonds is 4. The van der Waals surface area contributed by atoms with Crippen LogP contribution in [0.5, 0.6) is 0 Å². The number of nitrogens with zero attached hydrogens (tertiary/aromatic N) is 2. The fourth-order valence-corrected chi connectivity index (χ4v) is 1.96. The molecule has 0 unspecified atom stereocenters. The third-order valence-corrected chi connectivity index (χ3v) is 3.11. The molecule has 0 bridgehead atoms. The van der Waals surface area contributed by atoms with E-state index in [2.05, 4.69) is 5.32 Å². The van der Waals surface area contributed by atoms with E-state index >= 15 is 0 Å². The van der Waals surface area contributed by atoms with Gasteiger partial charge in [-0.3, -0.25) is 19.5 Å². The van der Waals surface area contributed by atoms with Gasteiger partial charge in [0.1, 0.15) is 6.54 Å². The molecule has 0 spiro atoms. The molecule has 3 rings (SSSR count). The van der Waals surface area contributed by atoms with Crippen LogP contribution in [-0.2, 0) is 11.3 Å². The molecule has 8 nitrogen and oxygen atoms in total. The van der Waals surface area contributed by atoms with Crippen LogP contribution in [0.1, 0.15) is 12.8 Å². The molecule has 1 aromatic heterocycles. The maximum Gasteiger partial charge on any atom is 0.420 e. The first kappa shape index (κ1) is 12.4. The topological polar surface area (TPSA) is 107 Å². The summed E-state index contributed by atoms with van der Waals surface area (Å²) >= 11 is 0. The lowest BCUT2D eigenvalue weighted by Crippen LogP contribution is -2.32. The van der Waals surface area contributed by atoms with Gasteiger partial charge < -0.3 is 9.73 Å². The van der Waals surface area contributed by atoms with Gasteiger partial charge in [0.2, 0.25) is 5.91 Å². The van der Waals surface area contributed by atoms with Gasteiger partial charge in [-0.1, -0.05) is 0 Å². The standard InChI is InChI=1S/C12H11N3O5/c16-11(13-7-1-2-7)6-14-9-4-3-8(15(18)19)5-10(9)20-12(14)17/h3-5,7H,1-2,6H2,(H,13,16). The van der Waals surface area contributed by atoms with E-state index in [9.17, 15) is 19.7 Å². The molecule has 1 saturated carbocycles. The minimum absolute atomic E-state index is 0.100. The van der Waals surface area contributed by atoms with Crippen LogP contribution in [0.3, 0.4) is 0 Å². The summed E-state index contributed by atoms with van der Waals surface area (Å²) in [4.78, 5) is 33.5. The minimum Gasteiger partial charge on any atom is -0.407 e. The summed E-state index contributed by atoms with van der Waals surface area (Å²) in [6, 6.07) is 4.05. The monoisotopic (exact) mass is 277 g/mol. The molecule has 104 valence electrons. The molecule has 1 heterocycles. The van der Waals surface area contributed by atoms with Crippen LogP contribution in [0.15, 0.2) is 27.4 Å². The number of carbonyl (C=O) groups excluding carboxylic acids is 1. The first-order valence-corrected chi connectivity index (χ1v) is 6.12. The van der Waals surface area contributed by atoms with E-state index in [4.69, 9.17) is 4.42 Å². The van der Waals surface area contributed by atoms with Gasteiger partial charge in [-0.2, -0.15) is 0 Å². The zero-order valence-corrected chi connectivity index (χ0v) is 10.4. The zero-order chi connectivity index (χ0) is 14.3. The van der Waals surface area contributed by atoms with E-state index in [1.807, 2.05) is 0 Å². The van der Waals surface area contributed by atoms with Gasteiger partial charge >= 0.3 is 5.76 Å². The fraction of sp³-hybridized carbons (Fsp3) is 0.333. The number of hydrogen-bond acceptors (Lipinski definition) is 5. The molecule has 0 aliphatic heterocycles. The second kappa shape index (κ2) is 4.48. The van der Waals surface area contributed by atoms with Gasteiger partial charge in [0.25, 0.3) is 5.69 Å². The second-order valence-corrected chi connectivity index (χ2v) is 4.71. The molecule has 0 saturated heterocycles. The third kappa shape index (κ3) is 2.27. The molecule has 20 heavy (non-hydrogen) atoms. The minimum atomic E-state index is -0.702. The number of amides is 1. The van der Waals surface area contributed by atoms with Crippen molar-refractivity contribution in [2.24, 2.45) is 0 Å². The van der Waals surface area contributed by atoms with E-state index in [0.29, 0.717) is 5.52 Å². The van der Waals surface area contributed by atoms with Crippen LogP contribution in [-0.4, -0.2) is 21.4 Å². The summed E-state index contributed by atoms with van der Waals surface area (Å²) in [6.07, 6.45) is 1.91. The summed E-state index contributed by atoms with van der Waals surface area (Å²) in [5, 5.41) is 13.4. The maximum atomic E-state index is 11.7. The van der Waals surface area contributed by atoms with E-state index < -0.39 is 10.7 Å². The molecule has 0 radical (unpaired) electrons. The Kier molecular flexibility index (Phi) is 2.78. The predicted octanol–water partition coefficient (Wildman–Crippen LogP) is 0.781. The van der Waals surface area contributed by atoms with E-state index in [0.717, 1.165) is 17.4 Å². The van der Waals surface area contributed by atoms with Gasteiger partial charge in [-0.25, -0.2) is 4.79 Å². The highest BCUT2D eigenvalue weighted by Crippen LogP contribution is 2.21. The molecule has 1 aliphatic rings. The van der Waals surface area contributed by atoms with Crippen LogP contribution in [0.4, 0.5) is 5.69 Å². The van der Waals surface area contributed by atoms with Crippen LogP contribution >= 0.6 is 0 Å². The summed E-state index contributed by atoms with van der Waals surface area (Å²) < 4.78 is 6.10. The SMILES string of the molecule is O=C(Cn1c(=O)oc2cc([N+](=O)[O-])ccc21)NC1CC1. The number of non-ortho nitro benzene ring substituents is 1. The number of nitro groups is 1. The van der Waals surface area contributed by atoms with Gasteiger partial charge in [0, 0.05) is 12.1 Å². The lowest BCUT2D eigenvalue weighted by Gasteiger charge is -2.03. The number of aromatic nitrogens is 1. The zero-order valence-electron chi connectivity index (χ0n) is 10.4. The Morgan fingerprint density at radius 1 is 1.50 bits per heavy atom. The highest BCUT2D eigenvalue weighted by molar-refractivity contribution is 5.80. The van der Waals surface area contributed by atoms with Crippen LogP contribution < -0.4 is 11.1 Å². The number of oxazole rings is 1. The van der Waals surface area contributed by atoms with Crippen molar-refractivity contribution in [1.82, 2.24) is 9.88 Å². The normalized spacial score (nSPS) is 14.4. The Morgan fingerprint density at radius 2 is 2.25 bits per heavy atom. The Hall–Kier alpha value is -2.64. The van der Waals surface area contributed by atoms with E-state index in [-0.39, 0.29) is 29.8 Å². The van der Waals surface area contributed by atoms with Gasteiger partial charge in [0.05, 0.1) is 16.5 Å². The van der Waals surface area contributed by atoms with Gasteiger partial charge in [-0.05, 0) is 18.9 Å².